The minimum Gasteiger partial charge on any atom is -0.365 e. The quantitative estimate of drug-likeness (QED) is 0.654. The summed E-state index contributed by atoms with van der Waals surface area (Å²) in [4.78, 5) is 33.4. The number of rotatable bonds is 4. The van der Waals surface area contributed by atoms with Crippen LogP contribution < -0.4 is 11.3 Å². The minimum atomic E-state index is -1.08. The van der Waals surface area contributed by atoms with Gasteiger partial charge in [-0.3, -0.25) is 19.7 Å². The van der Waals surface area contributed by atoms with E-state index in [1.54, 1.807) is 6.07 Å². The van der Waals surface area contributed by atoms with E-state index < -0.39 is 33.5 Å². The van der Waals surface area contributed by atoms with E-state index in [0.717, 1.165) is 16.8 Å². The maximum absolute atomic E-state index is 13.8. The number of carbonyl (C=O) groups is 1. The molecule has 0 atom stereocenters. The Hall–Kier alpha value is -2.55. The van der Waals surface area contributed by atoms with Gasteiger partial charge in [0.1, 0.15) is 11.4 Å². The molecule has 7 nitrogen and oxygen atoms in total. The smallest absolute Gasteiger partial charge is 0.286 e. The Bertz CT molecular complexity index is 835. The van der Waals surface area contributed by atoms with Crippen molar-refractivity contribution in [1.82, 2.24) is 4.57 Å². The third-order valence-corrected chi connectivity index (χ3v) is 3.40. The number of nitro groups is 1. The van der Waals surface area contributed by atoms with Crippen molar-refractivity contribution in [2.75, 3.05) is 0 Å². The molecule has 0 fully saturated rings. The fraction of sp³-hybridized carbons (Fsp3) is 0.0769. The maximum Gasteiger partial charge on any atom is 0.286 e. The molecule has 0 spiro atoms. The summed E-state index contributed by atoms with van der Waals surface area (Å²) < 4.78 is 15.2. The van der Waals surface area contributed by atoms with Gasteiger partial charge in [0.2, 0.25) is 0 Å². The van der Waals surface area contributed by atoms with Crippen LogP contribution in [0.25, 0.3) is 0 Å². The highest BCUT2D eigenvalue weighted by Gasteiger charge is 2.18. The third kappa shape index (κ3) is 3.19. The van der Waals surface area contributed by atoms with Crippen LogP contribution in [-0.2, 0) is 6.54 Å². The Kier molecular flexibility index (Phi) is 4.36. The monoisotopic (exact) mass is 369 g/mol. The van der Waals surface area contributed by atoms with Crippen molar-refractivity contribution < 1.29 is 14.1 Å². The number of carbonyl (C=O) groups excluding carboxylic acids is 1. The van der Waals surface area contributed by atoms with Crippen molar-refractivity contribution in [3.63, 3.8) is 0 Å². The summed E-state index contributed by atoms with van der Waals surface area (Å²) in [6, 6.07) is 5.00. The molecule has 9 heteroatoms. The summed E-state index contributed by atoms with van der Waals surface area (Å²) in [5.41, 5.74) is 3.36. The zero-order valence-electron chi connectivity index (χ0n) is 11.0. The first kappa shape index (κ1) is 15.8. The summed E-state index contributed by atoms with van der Waals surface area (Å²) in [5, 5.41) is 10.9. The van der Waals surface area contributed by atoms with E-state index in [4.69, 9.17) is 5.73 Å². The van der Waals surface area contributed by atoms with Crippen LogP contribution in [0, 0.1) is 15.9 Å². The van der Waals surface area contributed by atoms with Crippen LogP contribution in [0.15, 0.2) is 39.7 Å². The van der Waals surface area contributed by atoms with Crippen molar-refractivity contribution in [3.05, 3.63) is 72.3 Å². The second kappa shape index (κ2) is 6.06. The molecular formula is C13H9BrFN3O4. The number of primary amides is 1. The molecule has 22 heavy (non-hydrogen) atoms. The van der Waals surface area contributed by atoms with Crippen LogP contribution in [0.1, 0.15) is 15.9 Å². The number of halogens is 2. The SMILES string of the molecule is NC(=O)c1cc([N+](=O)[O-])cn(Cc2ccc(Br)cc2F)c1=O. The Labute approximate surface area is 131 Å². The summed E-state index contributed by atoms with van der Waals surface area (Å²) in [5.74, 6) is -1.67. The lowest BCUT2D eigenvalue weighted by molar-refractivity contribution is -0.385. The van der Waals surface area contributed by atoms with E-state index in [-0.39, 0.29) is 12.1 Å². The third-order valence-electron chi connectivity index (χ3n) is 2.90. The molecule has 2 N–H and O–H groups in total. The number of pyridine rings is 1. The highest BCUT2D eigenvalue weighted by molar-refractivity contribution is 9.10. The molecule has 1 amide bonds. The molecule has 0 aliphatic carbocycles. The summed E-state index contributed by atoms with van der Waals surface area (Å²) in [7, 11) is 0. The Morgan fingerprint density at radius 3 is 2.64 bits per heavy atom. The van der Waals surface area contributed by atoms with Gasteiger partial charge in [0.15, 0.2) is 0 Å². The van der Waals surface area contributed by atoms with Crippen LogP contribution in [0.4, 0.5) is 10.1 Å². The van der Waals surface area contributed by atoms with E-state index in [0.29, 0.717) is 4.47 Å². The molecule has 2 aromatic rings. The van der Waals surface area contributed by atoms with Crippen molar-refractivity contribution in [3.8, 4) is 0 Å². The van der Waals surface area contributed by atoms with Crippen molar-refractivity contribution in [2.24, 2.45) is 5.73 Å². The molecule has 0 saturated carbocycles. The predicted octanol–water partition coefficient (Wildman–Crippen LogP) is 1.81. The zero-order chi connectivity index (χ0) is 16.4. The first-order valence-corrected chi connectivity index (χ1v) is 6.71. The van der Waals surface area contributed by atoms with Gasteiger partial charge >= 0.3 is 0 Å². The minimum absolute atomic E-state index is 0.140. The van der Waals surface area contributed by atoms with Gasteiger partial charge in [0.05, 0.1) is 17.7 Å². The number of hydrogen-bond acceptors (Lipinski definition) is 4. The normalized spacial score (nSPS) is 10.5. The van der Waals surface area contributed by atoms with E-state index in [2.05, 4.69) is 15.9 Å². The van der Waals surface area contributed by atoms with Gasteiger partial charge in [-0.25, -0.2) is 4.39 Å². The lowest BCUT2D eigenvalue weighted by Crippen LogP contribution is -2.30. The number of amides is 1. The van der Waals surface area contributed by atoms with Gasteiger partial charge in [0, 0.05) is 16.1 Å². The standard InChI is InChI=1S/C13H9BrFN3O4/c14-8-2-1-7(11(15)3-8)5-17-6-9(18(21)22)4-10(12(16)19)13(17)20/h1-4,6H,5H2,(H2,16,19). The highest BCUT2D eigenvalue weighted by atomic mass is 79.9. The molecule has 0 aliphatic heterocycles. The van der Waals surface area contributed by atoms with Crippen molar-refractivity contribution in [1.29, 1.82) is 0 Å². The molecule has 0 unspecified atom stereocenters. The van der Waals surface area contributed by atoms with E-state index in [1.165, 1.54) is 12.1 Å². The van der Waals surface area contributed by atoms with Crippen LogP contribution in [-0.4, -0.2) is 15.4 Å². The van der Waals surface area contributed by atoms with Crippen molar-refractivity contribution in [2.45, 2.75) is 6.54 Å². The average molecular weight is 370 g/mol. The summed E-state index contributed by atoms with van der Waals surface area (Å²) in [6.45, 7) is -0.264. The second-order valence-electron chi connectivity index (χ2n) is 4.40. The van der Waals surface area contributed by atoms with Crippen LogP contribution in [0.2, 0.25) is 0 Å². The predicted molar refractivity (Wildman–Crippen MR) is 79.1 cm³/mol. The number of aromatic nitrogens is 1. The van der Waals surface area contributed by atoms with Gasteiger partial charge in [-0.2, -0.15) is 0 Å². The summed E-state index contributed by atoms with van der Waals surface area (Å²) >= 11 is 3.10. The number of nitrogens with two attached hydrogens (primary N) is 1. The fourth-order valence-corrected chi connectivity index (χ4v) is 2.18. The van der Waals surface area contributed by atoms with Crippen LogP contribution in [0.3, 0.4) is 0 Å². The van der Waals surface area contributed by atoms with Crippen molar-refractivity contribution >= 4 is 27.5 Å². The van der Waals surface area contributed by atoms with Crippen LogP contribution >= 0.6 is 15.9 Å². The topological polar surface area (TPSA) is 108 Å². The molecule has 1 aromatic carbocycles. The highest BCUT2D eigenvalue weighted by Crippen LogP contribution is 2.17. The Morgan fingerprint density at radius 1 is 1.41 bits per heavy atom. The molecule has 0 radical (unpaired) electrons. The van der Waals surface area contributed by atoms with Crippen LogP contribution in [0.5, 0.6) is 0 Å². The Balaban J connectivity index is 2.56. The number of nitrogens with zero attached hydrogens (tertiary/aromatic N) is 2. The van der Waals surface area contributed by atoms with Gasteiger partial charge in [-0.15, -0.1) is 0 Å². The molecule has 0 aliphatic rings. The van der Waals surface area contributed by atoms with Gasteiger partial charge in [-0.05, 0) is 12.1 Å². The van der Waals surface area contributed by atoms with Gasteiger partial charge in [0.25, 0.3) is 17.2 Å². The fourth-order valence-electron chi connectivity index (χ4n) is 1.85. The van der Waals surface area contributed by atoms with E-state index >= 15 is 0 Å². The molecule has 1 aromatic heterocycles. The number of hydrogen-bond donors (Lipinski definition) is 1. The largest absolute Gasteiger partial charge is 0.365 e. The maximum atomic E-state index is 13.8. The van der Waals surface area contributed by atoms with Gasteiger partial charge < -0.3 is 10.3 Å². The molecular weight excluding hydrogens is 361 g/mol. The number of benzene rings is 1. The first-order valence-electron chi connectivity index (χ1n) is 5.92. The molecule has 0 bridgehead atoms. The zero-order valence-corrected chi connectivity index (χ0v) is 12.5. The Morgan fingerprint density at radius 2 is 2.09 bits per heavy atom. The molecule has 0 saturated heterocycles. The molecule has 2 rings (SSSR count). The molecule has 1 heterocycles. The van der Waals surface area contributed by atoms with E-state index in [9.17, 15) is 24.1 Å². The average Bonchev–Trinajstić information content (AvgIpc) is 2.43. The van der Waals surface area contributed by atoms with Gasteiger partial charge in [-0.1, -0.05) is 22.0 Å². The summed E-state index contributed by atoms with van der Waals surface area (Å²) in [6.07, 6.45) is 0.941. The van der Waals surface area contributed by atoms with E-state index in [1.807, 2.05) is 0 Å². The first-order chi connectivity index (χ1) is 10.3. The second-order valence-corrected chi connectivity index (χ2v) is 5.32. The lowest BCUT2D eigenvalue weighted by atomic mass is 10.2. The molecule has 114 valence electrons. The lowest BCUT2D eigenvalue weighted by Gasteiger charge is -2.08.